The summed E-state index contributed by atoms with van der Waals surface area (Å²) >= 11 is 0. The van der Waals surface area contributed by atoms with Crippen LogP contribution in [0.1, 0.15) is 25.7 Å². The van der Waals surface area contributed by atoms with E-state index in [-0.39, 0.29) is 11.9 Å². The van der Waals surface area contributed by atoms with Crippen molar-refractivity contribution in [3.8, 4) is 0 Å². The predicted molar refractivity (Wildman–Crippen MR) is 58.5 cm³/mol. The highest BCUT2D eigenvalue weighted by molar-refractivity contribution is 5.73. The molecule has 3 aliphatic carbocycles. The maximum Gasteiger partial charge on any atom is 0.308 e. The van der Waals surface area contributed by atoms with Crippen LogP contribution in [0.4, 0.5) is 0 Å². The zero-order valence-electron chi connectivity index (χ0n) is 9.76. The molecule has 0 heterocycles. The molecular formula is C13H20O3. The van der Waals surface area contributed by atoms with Gasteiger partial charge in [-0.15, -0.1) is 0 Å². The molecule has 3 aliphatic rings. The summed E-state index contributed by atoms with van der Waals surface area (Å²) in [7, 11) is 1.50. The second-order valence-electron chi connectivity index (χ2n) is 5.87. The van der Waals surface area contributed by atoms with Crippen molar-refractivity contribution in [1.29, 1.82) is 0 Å². The lowest BCUT2D eigenvalue weighted by atomic mass is 9.76. The molecule has 90 valence electrons. The van der Waals surface area contributed by atoms with Crippen molar-refractivity contribution in [1.82, 2.24) is 0 Å². The van der Waals surface area contributed by atoms with Gasteiger partial charge in [-0.1, -0.05) is 0 Å². The van der Waals surface area contributed by atoms with Gasteiger partial charge in [-0.25, -0.2) is 0 Å². The van der Waals surface area contributed by atoms with Gasteiger partial charge in [0.05, 0.1) is 13.0 Å². The van der Waals surface area contributed by atoms with E-state index in [2.05, 4.69) is 0 Å². The maximum atomic E-state index is 11.7. The van der Waals surface area contributed by atoms with Crippen molar-refractivity contribution in [3.63, 3.8) is 0 Å². The molecule has 0 spiro atoms. The molecule has 0 aromatic heterocycles. The standard InChI is InChI=1S/C13H20O3/c1-16-13(15)12-5-8-4-11(12)10-3-7(6-14)2-9(8)10/h7-12,14H,2-6H2,1H3. The number of esters is 1. The second-order valence-corrected chi connectivity index (χ2v) is 5.87. The largest absolute Gasteiger partial charge is 0.469 e. The Bertz CT molecular complexity index is 302. The number of carbonyl (C=O) groups is 1. The van der Waals surface area contributed by atoms with Gasteiger partial charge in [0.25, 0.3) is 0 Å². The van der Waals surface area contributed by atoms with Crippen LogP contribution in [-0.2, 0) is 9.53 Å². The van der Waals surface area contributed by atoms with Crippen LogP contribution in [0, 0.1) is 35.5 Å². The molecule has 6 unspecified atom stereocenters. The van der Waals surface area contributed by atoms with Gasteiger partial charge >= 0.3 is 5.97 Å². The van der Waals surface area contributed by atoms with Gasteiger partial charge in [0.1, 0.15) is 0 Å². The van der Waals surface area contributed by atoms with Crippen LogP contribution in [0.3, 0.4) is 0 Å². The first-order chi connectivity index (χ1) is 7.74. The van der Waals surface area contributed by atoms with E-state index in [1.165, 1.54) is 20.0 Å². The van der Waals surface area contributed by atoms with Crippen molar-refractivity contribution in [3.05, 3.63) is 0 Å². The summed E-state index contributed by atoms with van der Waals surface area (Å²) < 4.78 is 4.90. The van der Waals surface area contributed by atoms with Crippen LogP contribution in [0.15, 0.2) is 0 Å². The van der Waals surface area contributed by atoms with Crippen LogP contribution in [0.5, 0.6) is 0 Å². The molecule has 0 aliphatic heterocycles. The molecule has 3 heteroatoms. The molecule has 3 saturated carbocycles. The van der Waals surface area contributed by atoms with Gasteiger partial charge in [0.15, 0.2) is 0 Å². The molecule has 1 N–H and O–H groups in total. The lowest BCUT2D eigenvalue weighted by molar-refractivity contribution is -0.148. The van der Waals surface area contributed by atoms with E-state index in [0.29, 0.717) is 24.4 Å². The zero-order chi connectivity index (χ0) is 11.3. The van der Waals surface area contributed by atoms with E-state index < -0.39 is 0 Å². The molecule has 3 rings (SSSR count). The zero-order valence-corrected chi connectivity index (χ0v) is 9.76. The number of hydrogen-bond donors (Lipinski definition) is 1. The monoisotopic (exact) mass is 224 g/mol. The molecule has 2 bridgehead atoms. The fourth-order valence-electron chi connectivity index (χ4n) is 4.76. The van der Waals surface area contributed by atoms with E-state index in [9.17, 15) is 9.90 Å². The number of aliphatic hydroxyl groups excluding tert-OH is 1. The summed E-state index contributed by atoms with van der Waals surface area (Å²) in [5.74, 6) is 3.43. The van der Waals surface area contributed by atoms with E-state index in [1.54, 1.807) is 0 Å². The average molecular weight is 224 g/mol. The smallest absolute Gasteiger partial charge is 0.308 e. The number of ether oxygens (including phenoxy) is 1. The molecule has 0 amide bonds. The van der Waals surface area contributed by atoms with Gasteiger partial charge < -0.3 is 9.84 Å². The Balaban J connectivity index is 1.75. The highest BCUT2D eigenvalue weighted by atomic mass is 16.5. The van der Waals surface area contributed by atoms with Crippen LogP contribution in [-0.4, -0.2) is 24.8 Å². The third-order valence-corrected chi connectivity index (χ3v) is 5.33. The van der Waals surface area contributed by atoms with E-state index in [4.69, 9.17) is 4.74 Å². The fourth-order valence-corrected chi connectivity index (χ4v) is 4.76. The molecule has 0 radical (unpaired) electrons. The number of hydrogen-bond acceptors (Lipinski definition) is 3. The van der Waals surface area contributed by atoms with Gasteiger partial charge in [-0.2, -0.15) is 0 Å². The Hall–Kier alpha value is -0.570. The summed E-state index contributed by atoms with van der Waals surface area (Å²) in [5.41, 5.74) is 0. The van der Waals surface area contributed by atoms with E-state index >= 15 is 0 Å². The number of rotatable bonds is 2. The molecule has 3 fully saturated rings. The lowest BCUT2D eigenvalue weighted by Crippen LogP contribution is -2.30. The van der Waals surface area contributed by atoms with Gasteiger partial charge in [-0.3, -0.25) is 4.79 Å². The van der Waals surface area contributed by atoms with Crippen molar-refractivity contribution >= 4 is 5.97 Å². The van der Waals surface area contributed by atoms with Crippen molar-refractivity contribution in [2.24, 2.45) is 35.5 Å². The molecule has 0 saturated heterocycles. The molecule has 3 nitrogen and oxygen atoms in total. The summed E-state index contributed by atoms with van der Waals surface area (Å²) in [5, 5.41) is 9.24. The summed E-state index contributed by atoms with van der Waals surface area (Å²) in [4.78, 5) is 11.7. The Morgan fingerprint density at radius 3 is 2.62 bits per heavy atom. The number of aliphatic hydroxyl groups is 1. The number of fused-ring (bicyclic) bond motifs is 5. The van der Waals surface area contributed by atoms with Crippen molar-refractivity contribution in [2.45, 2.75) is 25.7 Å². The highest BCUT2D eigenvalue weighted by Gasteiger charge is 2.57. The Morgan fingerprint density at radius 2 is 1.94 bits per heavy atom. The van der Waals surface area contributed by atoms with Crippen molar-refractivity contribution in [2.75, 3.05) is 13.7 Å². The van der Waals surface area contributed by atoms with Crippen LogP contribution in [0.2, 0.25) is 0 Å². The topological polar surface area (TPSA) is 46.5 Å². The van der Waals surface area contributed by atoms with Gasteiger partial charge in [0.2, 0.25) is 0 Å². The quantitative estimate of drug-likeness (QED) is 0.722. The van der Waals surface area contributed by atoms with Crippen LogP contribution >= 0.6 is 0 Å². The Morgan fingerprint density at radius 1 is 1.19 bits per heavy atom. The summed E-state index contributed by atoms with van der Waals surface area (Å²) in [6, 6.07) is 0. The van der Waals surface area contributed by atoms with Crippen LogP contribution < -0.4 is 0 Å². The predicted octanol–water partition coefficient (Wildman–Crippen LogP) is 1.45. The van der Waals surface area contributed by atoms with Gasteiger partial charge in [0, 0.05) is 6.61 Å². The summed E-state index contributed by atoms with van der Waals surface area (Å²) in [6.07, 6.45) is 4.59. The second kappa shape index (κ2) is 3.73. The highest BCUT2D eigenvalue weighted by Crippen LogP contribution is 2.62. The average Bonchev–Trinajstić information content (AvgIpc) is 2.96. The first kappa shape index (κ1) is 10.6. The van der Waals surface area contributed by atoms with Crippen molar-refractivity contribution < 1.29 is 14.6 Å². The molecule has 16 heavy (non-hydrogen) atoms. The van der Waals surface area contributed by atoms with Gasteiger partial charge in [-0.05, 0) is 55.3 Å². The fraction of sp³-hybridized carbons (Fsp3) is 0.923. The Labute approximate surface area is 96.2 Å². The SMILES string of the molecule is COC(=O)C1CC2CC1C1CC(CO)CC21. The Kier molecular flexibility index (Phi) is 2.46. The minimum atomic E-state index is -0.00148. The lowest BCUT2D eigenvalue weighted by Gasteiger charge is -2.29. The summed E-state index contributed by atoms with van der Waals surface area (Å²) in [6.45, 7) is 0.329. The molecule has 0 aromatic rings. The molecular weight excluding hydrogens is 204 g/mol. The third-order valence-electron chi connectivity index (χ3n) is 5.33. The number of carbonyl (C=O) groups excluding carboxylic acids is 1. The first-order valence-electron chi connectivity index (χ1n) is 6.43. The minimum Gasteiger partial charge on any atom is -0.469 e. The van der Waals surface area contributed by atoms with E-state index in [0.717, 1.165) is 24.7 Å². The number of methoxy groups -OCH3 is 1. The molecule has 0 aromatic carbocycles. The third kappa shape index (κ3) is 1.33. The first-order valence-corrected chi connectivity index (χ1v) is 6.43. The minimum absolute atomic E-state index is 0.00148. The maximum absolute atomic E-state index is 11.7. The van der Waals surface area contributed by atoms with E-state index in [1.807, 2.05) is 0 Å². The van der Waals surface area contributed by atoms with Crippen LogP contribution in [0.25, 0.3) is 0 Å². The normalized spacial score (nSPS) is 49.4. The molecule has 6 atom stereocenters.